The lowest BCUT2D eigenvalue weighted by Crippen LogP contribution is -2.03. The predicted octanol–water partition coefficient (Wildman–Crippen LogP) is 5.71. The zero-order valence-electron chi connectivity index (χ0n) is 13.8. The summed E-state index contributed by atoms with van der Waals surface area (Å²) in [6.07, 6.45) is 4.27. The maximum Gasteiger partial charge on any atom is 0.224 e. The van der Waals surface area contributed by atoms with Crippen LogP contribution in [0.3, 0.4) is 0 Å². The van der Waals surface area contributed by atoms with Gasteiger partial charge in [0.25, 0.3) is 0 Å². The Hall–Kier alpha value is -1.30. The van der Waals surface area contributed by atoms with E-state index in [2.05, 4.69) is 65.7 Å². The molecule has 2 rings (SSSR count). The highest BCUT2D eigenvalue weighted by atomic mass is 127. The van der Waals surface area contributed by atoms with Gasteiger partial charge in [-0.25, -0.2) is 0 Å². The van der Waals surface area contributed by atoms with Crippen LogP contribution in [0.1, 0.15) is 39.5 Å². The average Bonchev–Trinajstić information content (AvgIpc) is 2.57. The van der Waals surface area contributed by atoms with E-state index in [1.165, 1.54) is 3.57 Å². The SMILES string of the molecule is CCCCOc1ccc(-c2ccc(I)cc2)c(OCCCC)n1. The molecule has 2 aromatic rings. The Kier molecular flexibility index (Phi) is 7.65. The molecule has 3 nitrogen and oxygen atoms in total. The Morgan fingerprint density at radius 2 is 1.52 bits per heavy atom. The van der Waals surface area contributed by atoms with Crippen molar-refractivity contribution in [2.45, 2.75) is 39.5 Å². The minimum Gasteiger partial charge on any atom is -0.478 e. The number of hydrogen-bond acceptors (Lipinski definition) is 3. The molecule has 0 amide bonds. The van der Waals surface area contributed by atoms with Gasteiger partial charge in [-0.2, -0.15) is 4.98 Å². The van der Waals surface area contributed by atoms with Crippen LogP contribution in [0.25, 0.3) is 11.1 Å². The Balaban J connectivity index is 2.22. The fraction of sp³-hybridized carbons (Fsp3) is 0.421. The van der Waals surface area contributed by atoms with Crippen molar-refractivity contribution < 1.29 is 9.47 Å². The first kappa shape index (κ1) is 18.0. The predicted molar refractivity (Wildman–Crippen MR) is 103 cm³/mol. The molecule has 0 fully saturated rings. The summed E-state index contributed by atoms with van der Waals surface area (Å²) in [5.74, 6) is 1.30. The lowest BCUT2D eigenvalue weighted by Gasteiger charge is -2.13. The molecule has 0 aliphatic heterocycles. The summed E-state index contributed by atoms with van der Waals surface area (Å²) in [6, 6.07) is 12.4. The van der Waals surface area contributed by atoms with Crippen molar-refractivity contribution in [3.63, 3.8) is 0 Å². The van der Waals surface area contributed by atoms with Gasteiger partial charge in [0.2, 0.25) is 11.8 Å². The maximum atomic E-state index is 5.92. The van der Waals surface area contributed by atoms with Gasteiger partial charge in [0.05, 0.1) is 13.2 Å². The minimum atomic E-state index is 0.638. The van der Waals surface area contributed by atoms with Gasteiger partial charge in [-0.15, -0.1) is 0 Å². The average molecular weight is 425 g/mol. The molecule has 1 heterocycles. The normalized spacial score (nSPS) is 10.6. The molecule has 0 spiro atoms. The van der Waals surface area contributed by atoms with Crippen LogP contribution in [-0.4, -0.2) is 18.2 Å². The van der Waals surface area contributed by atoms with E-state index in [1.807, 2.05) is 12.1 Å². The van der Waals surface area contributed by atoms with Crippen LogP contribution in [0.4, 0.5) is 0 Å². The molecule has 0 unspecified atom stereocenters. The summed E-state index contributed by atoms with van der Waals surface area (Å²) < 4.78 is 12.8. The van der Waals surface area contributed by atoms with Gasteiger partial charge in [0.15, 0.2) is 0 Å². The summed E-state index contributed by atoms with van der Waals surface area (Å²) in [5.41, 5.74) is 2.13. The third kappa shape index (κ3) is 5.68. The van der Waals surface area contributed by atoms with Crippen LogP contribution in [0.5, 0.6) is 11.8 Å². The molecule has 4 heteroatoms. The summed E-state index contributed by atoms with van der Waals surface area (Å²) >= 11 is 2.31. The van der Waals surface area contributed by atoms with Gasteiger partial charge in [0, 0.05) is 15.2 Å². The molecule has 0 aliphatic rings. The van der Waals surface area contributed by atoms with E-state index < -0.39 is 0 Å². The van der Waals surface area contributed by atoms with Crippen molar-refractivity contribution in [1.82, 2.24) is 4.98 Å². The molecule has 0 radical (unpaired) electrons. The van der Waals surface area contributed by atoms with E-state index >= 15 is 0 Å². The summed E-state index contributed by atoms with van der Waals surface area (Å²) in [5, 5.41) is 0. The van der Waals surface area contributed by atoms with Crippen molar-refractivity contribution in [2.24, 2.45) is 0 Å². The second-order valence-corrected chi connectivity index (χ2v) is 6.66. The number of rotatable bonds is 9. The van der Waals surface area contributed by atoms with Crippen LogP contribution < -0.4 is 9.47 Å². The number of halogens is 1. The smallest absolute Gasteiger partial charge is 0.224 e. The maximum absolute atomic E-state index is 5.92. The first-order chi connectivity index (χ1) is 11.2. The number of hydrogen-bond donors (Lipinski definition) is 0. The molecule has 0 N–H and O–H groups in total. The van der Waals surface area contributed by atoms with E-state index in [0.29, 0.717) is 25.0 Å². The quantitative estimate of drug-likeness (QED) is 0.381. The lowest BCUT2D eigenvalue weighted by molar-refractivity contribution is 0.274. The summed E-state index contributed by atoms with van der Waals surface area (Å²) in [4.78, 5) is 4.57. The van der Waals surface area contributed by atoms with Gasteiger partial charge >= 0.3 is 0 Å². The molecule has 0 bridgehead atoms. The Morgan fingerprint density at radius 1 is 0.870 bits per heavy atom. The molecule has 124 valence electrons. The van der Waals surface area contributed by atoms with Crippen molar-refractivity contribution in [2.75, 3.05) is 13.2 Å². The standard InChI is InChI=1S/C19H24INO2/c1-3-5-13-22-18-12-11-17(15-7-9-16(20)10-8-15)19(21-18)23-14-6-4-2/h7-12H,3-6,13-14H2,1-2H3. The van der Waals surface area contributed by atoms with Crippen molar-refractivity contribution in [3.05, 3.63) is 40.0 Å². The van der Waals surface area contributed by atoms with Crippen LogP contribution in [0, 0.1) is 3.57 Å². The van der Waals surface area contributed by atoms with Crippen LogP contribution in [-0.2, 0) is 0 Å². The topological polar surface area (TPSA) is 31.4 Å². The van der Waals surface area contributed by atoms with E-state index in [9.17, 15) is 0 Å². The third-order valence-corrected chi connectivity index (χ3v) is 4.19. The molecular weight excluding hydrogens is 401 g/mol. The minimum absolute atomic E-state index is 0.638. The fourth-order valence-electron chi connectivity index (χ4n) is 2.10. The number of pyridine rings is 1. The van der Waals surface area contributed by atoms with E-state index in [0.717, 1.165) is 36.8 Å². The number of nitrogens with zero attached hydrogens (tertiary/aromatic N) is 1. The van der Waals surface area contributed by atoms with Gasteiger partial charge in [0.1, 0.15) is 0 Å². The first-order valence-electron chi connectivity index (χ1n) is 8.27. The molecule has 0 aliphatic carbocycles. The number of aromatic nitrogens is 1. The number of unbranched alkanes of at least 4 members (excludes halogenated alkanes) is 2. The molecule has 0 saturated carbocycles. The molecular formula is C19H24INO2. The molecule has 1 aromatic carbocycles. The van der Waals surface area contributed by atoms with Crippen LogP contribution >= 0.6 is 22.6 Å². The van der Waals surface area contributed by atoms with Gasteiger partial charge < -0.3 is 9.47 Å². The number of benzene rings is 1. The van der Waals surface area contributed by atoms with Gasteiger partial charge in [-0.1, -0.05) is 38.8 Å². The summed E-state index contributed by atoms with van der Waals surface area (Å²) in [7, 11) is 0. The highest BCUT2D eigenvalue weighted by Gasteiger charge is 2.10. The van der Waals surface area contributed by atoms with E-state index in [1.54, 1.807) is 0 Å². The Labute approximate surface area is 152 Å². The largest absolute Gasteiger partial charge is 0.478 e. The van der Waals surface area contributed by atoms with E-state index in [4.69, 9.17) is 9.47 Å². The number of ether oxygens (including phenoxy) is 2. The fourth-order valence-corrected chi connectivity index (χ4v) is 2.46. The molecule has 0 saturated heterocycles. The zero-order chi connectivity index (χ0) is 16.5. The van der Waals surface area contributed by atoms with E-state index in [-0.39, 0.29) is 0 Å². The highest BCUT2D eigenvalue weighted by molar-refractivity contribution is 14.1. The Morgan fingerprint density at radius 3 is 2.17 bits per heavy atom. The van der Waals surface area contributed by atoms with Crippen molar-refractivity contribution in [1.29, 1.82) is 0 Å². The zero-order valence-corrected chi connectivity index (χ0v) is 16.0. The molecule has 1 aromatic heterocycles. The van der Waals surface area contributed by atoms with Gasteiger partial charge in [-0.3, -0.25) is 0 Å². The lowest BCUT2D eigenvalue weighted by atomic mass is 10.1. The summed E-state index contributed by atoms with van der Waals surface area (Å²) in [6.45, 7) is 5.68. The first-order valence-corrected chi connectivity index (χ1v) is 9.35. The Bertz CT molecular complexity index is 599. The van der Waals surface area contributed by atoms with Gasteiger partial charge in [-0.05, 0) is 59.2 Å². The van der Waals surface area contributed by atoms with Crippen molar-refractivity contribution in [3.8, 4) is 22.9 Å². The second-order valence-electron chi connectivity index (χ2n) is 5.41. The third-order valence-electron chi connectivity index (χ3n) is 3.47. The molecule has 0 atom stereocenters. The highest BCUT2D eigenvalue weighted by Crippen LogP contribution is 2.31. The van der Waals surface area contributed by atoms with Crippen molar-refractivity contribution >= 4 is 22.6 Å². The van der Waals surface area contributed by atoms with Crippen LogP contribution in [0.15, 0.2) is 36.4 Å². The monoisotopic (exact) mass is 425 g/mol. The second kappa shape index (κ2) is 9.75. The van der Waals surface area contributed by atoms with Crippen LogP contribution in [0.2, 0.25) is 0 Å². The molecule has 23 heavy (non-hydrogen) atoms.